The molecule has 4 nitrogen and oxygen atoms in total. The van der Waals surface area contributed by atoms with Crippen LogP contribution in [-0.2, 0) is 6.42 Å². The van der Waals surface area contributed by atoms with Gasteiger partial charge in [-0.1, -0.05) is 24.3 Å². The second-order valence-corrected chi connectivity index (χ2v) is 3.24. The fraction of sp³-hybridized carbons (Fsp3) is 0.364. The fourth-order valence-electron chi connectivity index (χ4n) is 1.24. The summed E-state index contributed by atoms with van der Waals surface area (Å²) in [6.45, 7) is 3.41. The van der Waals surface area contributed by atoms with Crippen molar-refractivity contribution in [2.75, 3.05) is 13.1 Å². The van der Waals surface area contributed by atoms with Crippen molar-refractivity contribution in [2.45, 2.75) is 13.3 Å². The van der Waals surface area contributed by atoms with Crippen LogP contribution in [0.15, 0.2) is 29.4 Å². The molecule has 15 heavy (non-hydrogen) atoms. The maximum atomic E-state index is 5.77. The van der Waals surface area contributed by atoms with Gasteiger partial charge in [0.2, 0.25) is 0 Å². The Kier molecular flexibility index (Phi) is 4.63. The first-order valence-corrected chi connectivity index (χ1v) is 5.13. The van der Waals surface area contributed by atoms with Crippen molar-refractivity contribution in [3.05, 3.63) is 35.4 Å². The molecule has 1 aromatic carbocycles. The Balaban J connectivity index is 2.70. The number of rotatable bonds is 5. The Morgan fingerprint density at radius 1 is 1.33 bits per heavy atom. The Labute approximate surface area is 90.4 Å². The molecule has 0 amide bonds. The maximum absolute atomic E-state index is 5.77. The predicted molar refractivity (Wildman–Crippen MR) is 63.6 cm³/mol. The monoisotopic (exact) mass is 206 g/mol. The van der Waals surface area contributed by atoms with Gasteiger partial charge in [-0.25, -0.2) is 0 Å². The van der Waals surface area contributed by atoms with E-state index in [2.05, 4.69) is 10.5 Å². The first-order chi connectivity index (χ1) is 7.27. The van der Waals surface area contributed by atoms with Crippen LogP contribution in [0, 0.1) is 0 Å². The first kappa shape index (κ1) is 11.5. The Morgan fingerprint density at radius 3 is 2.53 bits per heavy atom. The Hall–Kier alpha value is -1.55. The van der Waals surface area contributed by atoms with E-state index in [1.807, 2.05) is 31.2 Å². The van der Waals surface area contributed by atoms with E-state index in [1.54, 1.807) is 0 Å². The Bertz CT molecular complexity index is 316. The van der Waals surface area contributed by atoms with Crippen LogP contribution >= 0.6 is 0 Å². The van der Waals surface area contributed by atoms with Crippen LogP contribution in [0.1, 0.15) is 18.1 Å². The van der Waals surface area contributed by atoms with Crippen LogP contribution in [0.25, 0.3) is 0 Å². The summed E-state index contributed by atoms with van der Waals surface area (Å²) in [7, 11) is 0. The predicted octanol–water partition coefficient (Wildman–Crippen LogP) is 0.418. The molecule has 1 aromatic rings. The summed E-state index contributed by atoms with van der Waals surface area (Å²) >= 11 is 0. The van der Waals surface area contributed by atoms with Crippen LogP contribution in [0.5, 0.6) is 0 Å². The zero-order valence-electron chi connectivity index (χ0n) is 9.03. The van der Waals surface area contributed by atoms with Gasteiger partial charge in [0, 0.05) is 12.1 Å². The number of nitrogens with two attached hydrogens (primary N) is 2. The van der Waals surface area contributed by atoms with Gasteiger partial charge in [0.15, 0.2) is 5.84 Å². The van der Waals surface area contributed by atoms with E-state index in [4.69, 9.17) is 11.5 Å². The number of nitrogens with zero attached hydrogens (tertiary/aromatic N) is 1. The molecule has 0 unspecified atom stereocenters. The number of hydrogen-bond donors (Lipinski definition) is 3. The quantitative estimate of drug-likeness (QED) is 0.371. The second-order valence-electron chi connectivity index (χ2n) is 3.24. The van der Waals surface area contributed by atoms with Crippen LogP contribution in [-0.4, -0.2) is 18.9 Å². The molecule has 82 valence electrons. The van der Waals surface area contributed by atoms with E-state index in [-0.39, 0.29) is 0 Å². The summed E-state index contributed by atoms with van der Waals surface area (Å²) in [5.41, 5.74) is 16.2. The highest BCUT2D eigenvalue weighted by molar-refractivity contribution is 5.97. The number of nitrogens with one attached hydrogen (secondary N) is 1. The lowest BCUT2D eigenvalue weighted by atomic mass is 10.1. The smallest absolute Gasteiger partial charge is 0.150 e. The molecular weight excluding hydrogens is 188 g/mol. The molecule has 4 heteroatoms. The van der Waals surface area contributed by atoms with Gasteiger partial charge < -0.3 is 16.9 Å². The molecule has 0 aliphatic rings. The highest BCUT2D eigenvalue weighted by Gasteiger charge is 1.98. The molecular formula is C11H18N4. The highest BCUT2D eigenvalue weighted by atomic mass is 15.3. The largest absolute Gasteiger partial charge is 0.382 e. The normalized spacial score (nSPS) is 11.5. The average Bonchev–Trinajstić information content (AvgIpc) is 2.27. The van der Waals surface area contributed by atoms with Gasteiger partial charge in [0.1, 0.15) is 0 Å². The van der Waals surface area contributed by atoms with Crippen LogP contribution in [0.4, 0.5) is 0 Å². The summed E-state index contributed by atoms with van der Waals surface area (Å²) in [6.07, 6.45) is 0.893. The lowest BCUT2D eigenvalue weighted by molar-refractivity contribution is 0.782. The lowest BCUT2D eigenvalue weighted by Gasteiger charge is -2.03. The van der Waals surface area contributed by atoms with Gasteiger partial charge in [0.25, 0.3) is 0 Å². The van der Waals surface area contributed by atoms with Crippen molar-refractivity contribution in [3.63, 3.8) is 0 Å². The average molecular weight is 206 g/mol. The van der Waals surface area contributed by atoms with Gasteiger partial charge in [-0.15, -0.1) is 0 Å². The zero-order valence-corrected chi connectivity index (χ0v) is 9.03. The summed E-state index contributed by atoms with van der Waals surface area (Å²) in [5, 5.41) is 4.01. The molecule has 0 atom stereocenters. The van der Waals surface area contributed by atoms with E-state index >= 15 is 0 Å². The molecule has 1 rings (SSSR count). The molecule has 0 spiro atoms. The van der Waals surface area contributed by atoms with Gasteiger partial charge in [-0.3, -0.25) is 0 Å². The van der Waals surface area contributed by atoms with E-state index in [0.717, 1.165) is 18.5 Å². The SMILES string of the molecule is CCN/N=C(\N)c1ccc(CCN)cc1. The summed E-state index contributed by atoms with van der Waals surface area (Å²) < 4.78 is 0. The molecule has 0 aromatic heterocycles. The lowest BCUT2D eigenvalue weighted by Crippen LogP contribution is -2.18. The topological polar surface area (TPSA) is 76.4 Å². The summed E-state index contributed by atoms with van der Waals surface area (Å²) in [6, 6.07) is 7.97. The third-order valence-corrected chi connectivity index (χ3v) is 2.04. The Morgan fingerprint density at radius 2 is 2.00 bits per heavy atom. The fourth-order valence-corrected chi connectivity index (χ4v) is 1.24. The molecule has 5 N–H and O–H groups in total. The summed E-state index contributed by atoms with van der Waals surface area (Å²) in [5.74, 6) is 0.510. The summed E-state index contributed by atoms with van der Waals surface area (Å²) in [4.78, 5) is 0. The minimum absolute atomic E-state index is 0.510. The third kappa shape index (κ3) is 3.59. The van der Waals surface area contributed by atoms with Crippen molar-refractivity contribution >= 4 is 5.84 Å². The number of amidine groups is 1. The number of benzene rings is 1. The van der Waals surface area contributed by atoms with Crippen LogP contribution < -0.4 is 16.9 Å². The van der Waals surface area contributed by atoms with Crippen molar-refractivity contribution in [1.82, 2.24) is 5.43 Å². The molecule has 0 aliphatic carbocycles. The molecule has 0 heterocycles. The van der Waals surface area contributed by atoms with E-state index in [0.29, 0.717) is 12.4 Å². The minimum atomic E-state index is 0.510. The van der Waals surface area contributed by atoms with Gasteiger partial charge in [-0.05, 0) is 25.5 Å². The standard InChI is InChI=1S/C11H18N4/c1-2-14-15-11(13)10-5-3-9(4-6-10)7-8-12/h3-6,14H,2,7-8,12H2,1H3,(H2,13,15). The van der Waals surface area contributed by atoms with Gasteiger partial charge >= 0.3 is 0 Å². The molecule has 0 saturated heterocycles. The van der Waals surface area contributed by atoms with Gasteiger partial charge in [-0.2, -0.15) is 5.10 Å². The van der Waals surface area contributed by atoms with E-state index in [1.165, 1.54) is 5.56 Å². The second kappa shape index (κ2) is 6.03. The van der Waals surface area contributed by atoms with Crippen LogP contribution in [0.2, 0.25) is 0 Å². The molecule has 0 radical (unpaired) electrons. The minimum Gasteiger partial charge on any atom is -0.382 e. The molecule has 0 aliphatic heterocycles. The zero-order chi connectivity index (χ0) is 11.1. The molecule has 0 bridgehead atoms. The number of hydrogen-bond acceptors (Lipinski definition) is 3. The first-order valence-electron chi connectivity index (χ1n) is 5.13. The maximum Gasteiger partial charge on any atom is 0.150 e. The number of hydrazone groups is 1. The van der Waals surface area contributed by atoms with Crippen molar-refractivity contribution in [1.29, 1.82) is 0 Å². The van der Waals surface area contributed by atoms with Crippen molar-refractivity contribution < 1.29 is 0 Å². The molecule has 0 fully saturated rings. The molecule has 0 saturated carbocycles. The van der Waals surface area contributed by atoms with Crippen molar-refractivity contribution in [3.8, 4) is 0 Å². The van der Waals surface area contributed by atoms with Gasteiger partial charge in [0.05, 0.1) is 0 Å². The van der Waals surface area contributed by atoms with Crippen molar-refractivity contribution in [2.24, 2.45) is 16.6 Å². The van der Waals surface area contributed by atoms with E-state index < -0.39 is 0 Å². The highest BCUT2D eigenvalue weighted by Crippen LogP contribution is 2.04. The van der Waals surface area contributed by atoms with E-state index in [9.17, 15) is 0 Å². The third-order valence-electron chi connectivity index (χ3n) is 2.04. The van der Waals surface area contributed by atoms with Crippen LogP contribution in [0.3, 0.4) is 0 Å².